The Kier molecular flexibility index (Phi) is 0.746. The molecule has 2 rings (SSSR count). The molecule has 2 aliphatic carbocycles. The second kappa shape index (κ2) is 1.25. The lowest BCUT2D eigenvalue weighted by atomic mass is 10.1. The van der Waals surface area contributed by atoms with Gasteiger partial charge in [0.1, 0.15) is 0 Å². The van der Waals surface area contributed by atoms with E-state index in [-0.39, 0.29) is 12.1 Å². The number of nitrogens with two attached hydrogens (primary N) is 1. The minimum Gasteiger partial charge on any atom is -0.391 e. The van der Waals surface area contributed by atoms with Crippen molar-refractivity contribution in [2.75, 3.05) is 0 Å². The Balaban J connectivity index is 2.08. The van der Waals surface area contributed by atoms with Crippen LogP contribution < -0.4 is 5.73 Å². The van der Waals surface area contributed by atoms with Crippen LogP contribution in [0, 0.1) is 11.8 Å². The molecule has 46 valence electrons. The summed E-state index contributed by atoms with van der Waals surface area (Å²) >= 11 is 0. The molecule has 4 atom stereocenters. The molecule has 2 aliphatic rings. The van der Waals surface area contributed by atoms with Crippen molar-refractivity contribution in [1.82, 2.24) is 0 Å². The lowest BCUT2D eigenvalue weighted by Crippen LogP contribution is -2.31. The molecule has 8 heavy (non-hydrogen) atoms. The number of aliphatic hydroxyl groups excluding tert-OH is 1. The van der Waals surface area contributed by atoms with Crippen LogP contribution in [0.4, 0.5) is 0 Å². The molecule has 0 aromatic carbocycles. The molecule has 0 aromatic rings. The molecule has 0 spiro atoms. The molecule has 4 unspecified atom stereocenters. The number of rotatable bonds is 0. The minimum absolute atomic E-state index is 0.0961. The van der Waals surface area contributed by atoms with E-state index in [0.29, 0.717) is 5.92 Å². The molecule has 2 nitrogen and oxygen atoms in total. The zero-order chi connectivity index (χ0) is 5.72. The molecular weight excluding hydrogens is 102 g/mol. The van der Waals surface area contributed by atoms with Crippen LogP contribution in [-0.2, 0) is 0 Å². The first-order chi connectivity index (χ1) is 3.79. The third-order valence-corrected chi connectivity index (χ3v) is 2.43. The predicted molar refractivity (Wildman–Crippen MR) is 30.2 cm³/mol. The van der Waals surface area contributed by atoms with Crippen molar-refractivity contribution >= 4 is 0 Å². The van der Waals surface area contributed by atoms with Crippen molar-refractivity contribution < 1.29 is 5.11 Å². The Hall–Kier alpha value is -0.0800. The summed E-state index contributed by atoms with van der Waals surface area (Å²) in [4.78, 5) is 0. The van der Waals surface area contributed by atoms with Gasteiger partial charge in [0, 0.05) is 6.04 Å². The molecule has 0 heterocycles. The Morgan fingerprint density at radius 3 is 2.38 bits per heavy atom. The van der Waals surface area contributed by atoms with Crippen LogP contribution >= 0.6 is 0 Å². The first kappa shape index (κ1) is 4.77. The summed E-state index contributed by atoms with van der Waals surface area (Å²) in [6.07, 6.45) is 2.13. The van der Waals surface area contributed by atoms with Gasteiger partial charge in [0.05, 0.1) is 6.10 Å². The van der Waals surface area contributed by atoms with Crippen LogP contribution in [0.25, 0.3) is 0 Å². The van der Waals surface area contributed by atoms with Crippen LogP contribution in [0.5, 0.6) is 0 Å². The average Bonchev–Trinajstić information content (AvgIpc) is 2.39. The number of aliphatic hydroxyl groups is 1. The maximum atomic E-state index is 9.18. The van der Waals surface area contributed by atoms with Gasteiger partial charge in [-0.05, 0) is 24.7 Å². The predicted octanol–water partition coefficient (Wildman–Crippen LogP) is -0.286. The highest BCUT2D eigenvalue weighted by Crippen LogP contribution is 2.51. The molecular formula is C6H11NO. The molecule has 0 aliphatic heterocycles. The monoisotopic (exact) mass is 113 g/mol. The summed E-state index contributed by atoms with van der Waals surface area (Å²) in [7, 11) is 0. The van der Waals surface area contributed by atoms with Gasteiger partial charge in [-0.1, -0.05) is 0 Å². The standard InChI is InChI=1S/C6H11NO/c7-5-2-3-1-4(3)6(5)8/h3-6,8H,1-2,7H2. The summed E-state index contributed by atoms with van der Waals surface area (Å²) in [6.45, 7) is 0. The van der Waals surface area contributed by atoms with Crippen molar-refractivity contribution in [3.05, 3.63) is 0 Å². The highest BCUT2D eigenvalue weighted by atomic mass is 16.3. The Bertz CT molecular complexity index is 113. The smallest absolute Gasteiger partial charge is 0.0722 e. The normalized spacial score (nSPS) is 60.8. The molecule has 0 amide bonds. The first-order valence-electron chi connectivity index (χ1n) is 3.22. The topological polar surface area (TPSA) is 46.2 Å². The van der Waals surface area contributed by atoms with Crippen molar-refractivity contribution in [3.8, 4) is 0 Å². The SMILES string of the molecule is NC1CC2CC2C1O. The Morgan fingerprint density at radius 1 is 1.38 bits per heavy atom. The maximum absolute atomic E-state index is 9.18. The molecule has 0 saturated heterocycles. The van der Waals surface area contributed by atoms with E-state index in [1.54, 1.807) is 0 Å². The van der Waals surface area contributed by atoms with Gasteiger partial charge >= 0.3 is 0 Å². The van der Waals surface area contributed by atoms with Crippen molar-refractivity contribution in [1.29, 1.82) is 0 Å². The van der Waals surface area contributed by atoms with Crippen molar-refractivity contribution in [2.45, 2.75) is 25.0 Å². The maximum Gasteiger partial charge on any atom is 0.0722 e. The van der Waals surface area contributed by atoms with Crippen LogP contribution in [0.3, 0.4) is 0 Å². The fourth-order valence-electron chi connectivity index (χ4n) is 1.77. The molecule has 0 aromatic heterocycles. The summed E-state index contributed by atoms with van der Waals surface area (Å²) in [5, 5.41) is 9.18. The van der Waals surface area contributed by atoms with Crippen LogP contribution in [0.2, 0.25) is 0 Å². The molecule has 2 heteroatoms. The summed E-state index contributed by atoms with van der Waals surface area (Å²) in [5.41, 5.74) is 5.55. The minimum atomic E-state index is -0.167. The van der Waals surface area contributed by atoms with Gasteiger partial charge in [0.25, 0.3) is 0 Å². The van der Waals surface area contributed by atoms with E-state index in [2.05, 4.69) is 0 Å². The summed E-state index contributed by atoms with van der Waals surface area (Å²) < 4.78 is 0. The molecule has 3 N–H and O–H groups in total. The van der Waals surface area contributed by atoms with E-state index in [9.17, 15) is 5.11 Å². The molecule has 0 bridgehead atoms. The Morgan fingerprint density at radius 2 is 2.12 bits per heavy atom. The summed E-state index contributed by atoms with van der Waals surface area (Å²) in [6, 6.07) is 0.0961. The fraction of sp³-hybridized carbons (Fsp3) is 1.00. The van der Waals surface area contributed by atoms with Gasteiger partial charge in [-0.2, -0.15) is 0 Å². The Labute approximate surface area is 48.7 Å². The summed E-state index contributed by atoms with van der Waals surface area (Å²) in [5.74, 6) is 1.38. The van der Waals surface area contributed by atoms with E-state index in [1.165, 1.54) is 6.42 Å². The number of fused-ring (bicyclic) bond motifs is 1. The number of hydrogen-bond acceptors (Lipinski definition) is 2. The van der Waals surface area contributed by atoms with Crippen LogP contribution in [-0.4, -0.2) is 17.3 Å². The highest BCUT2D eigenvalue weighted by molar-refractivity contribution is 5.04. The highest BCUT2D eigenvalue weighted by Gasteiger charge is 2.51. The van der Waals surface area contributed by atoms with Gasteiger partial charge in [0.2, 0.25) is 0 Å². The van der Waals surface area contributed by atoms with Gasteiger partial charge in [0.15, 0.2) is 0 Å². The second-order valence-electron chi connectivity index (χ2n) is 3.05. The quantitative estimate of drug-likeness (QED) is 0.453. The van der Waals surface area contributed by atoms with E-state index in [0.717, 1.165) is 12.3 Å². The number of hydrogen-bond donors (Lipinski definition) is 2. The lowest BCUT2D eigenvalue weighted by Gasteiger charge is -2.09. The molecule has 2 fully saturated rings. The van der Waals surface area contributed by atoms with E-state index < -0.39 is 0 Å². The average molecular weight is 113 g/mol. The van der Waals surface area contributed by atoms with Crippen molar-refractivity contribution in [2.24, 2.45) is 17.6 Å². The zero-order valence-corrected chi connectivity index (χ0v) is 4.75. The molecule has 2 saturated carbocycles. The van der Waals surface area contributed by atoms with E-state index in [4.69, 9.17) is 5.73 Å². The van der Waals surface area contributed by atoms with Crippen LogP contribution in [0.1, 0.15) is 12.8 Å². The largest absolute Gasteiger partial charge is 0.391 e. The van der Waals surface area contributed by atoms with Crippen LogP contribution in [0.15, 0.2) is 0 Å². The zero-order valence-electron chi connectivity index (χ0n) is 4.75. The van der Waals surface area contributed by atoms with Crippen molar-refractivity contribution in [3.63, 3.8) is 0 Å². The van der Waals surface area contributed by atoms with Gasteiger partial charge in [-0.25, -0.2) is 0 Å². The van der Waals surface area contributed by atoms with E-state index >= 15 is 0 Å². The van der Waals surface area contributed by atoms with Gasteiger partial charge < -0.3 is 10.8 Å². The fourth-order valence-corrected chi connectivity index (χ4v) is 1.77. The van der Waals surface area contributed by atoms with E-state index in [1.807, 2.05) is 0 Å². The van der Waals surface area contributed by atoms with Gasteiger partial charge in [-0.15, -0.1) is 0 Å². The third kappa shape index (κ3) is 0.446. The lowest BCUT2D eigenvalue weighted by molar-refractivity contribution is 0.141. The van der Waals surface area contributed by atoms with Gasteiger partial charge in [-0.3, -0.25) is 0 Å². The first-order valence-corrected chi connectivity index (χ1v) is 3.22. The third-order valence-electron chi connectivity index (χ3n) is 2.43. The second-order valence-corrected chi connectivity index (χ2v) is 3.05. The molecule has 0 radical (unpaired) electrons.